The standard InChI is InChI=1S/C19H12Cl2N2O4/c20-13-4-6-15(16(21)9-13)18(24)23-22-10-14-5-7-17(27-14)11-2-1-3-12(8-11)19(25)26/h1-10H,(H,23,24)(H,25,26)/b22-10-. The Bertz CT molecular complexity index is 1040. The molecule has 0 aliphatic carbocycles. The minimum absolute atomic E-state index is 0.159. The second-order valence-electron chi connectivity index (χ2n) is 5.41. The molecule has 1 heterocycles. The van der Waals surface area contributed by atoms with Crippen molar-refractivity contribution in [1.29, 1.82) is 0 Å². The topological polar surface area (TPSA) is 91.9 Å². The maximum Gasteiger partial charge on any atom is 0.335 e. The number of hydrogen-bond donors (Lipinski definition) is 2. The molecule has 3 aromatic rings. The van der Waals surface area contributed by atoms with Gasteiger partial charge < -0.3 is 9.52 Å². The lowest BCUT2D eigenvalue weighted by Gasteiger charge is -2.02. The molecule has 136 valence electrons. The van der Waals surface area contributed by atoms with Crippen LogP contribution in [0.3, 0.4) is 0 Å². The number of carbonyl (C=O) groups is 2. The van der Waals surface area contributed by atoms with Crippen molar-refractivity contribution in [2.75, 3.05) is 0 Å². The van der Waals surface area contributed by atoms with Gasteiger partial charge >= 0.3 is 5.97 Å². The molecule has 3 rings (SSSR count). The van der Waals surface area contributed by atoms with Gasteiger partial charge in [0.05, 0.1) is 22.4 Å². The van der Waals surface area contributed by atoms with Crippen molar-refractivity contribution in [2.45, 2.75) is 0 Å². The fourth-order valence-corrected chi connectivity index (χ4v) is 2.77. The summed E-state index contributed by atoms with van der Waals surface area (Å²) in [6.07, 6.45) is 1.33. The molecular weight excluding hydrogens is 391 g/mol. The number of rotatable bonds is 5. The summed E-state index contributed by atoms with van der Waals surface area (Å²) in [4.78, 5) is 23.1. The third kappa shape index (κ3) is 4.55. The van der Waals surface area contributed by atoms with E-state index in [-0.39, 0.29) is 16.1 Å². The van der Waals surface area contributed by atoms with Crippen LogP contribution < -0.4 is 5.43 Å². The Morgan fingerprint density at radius 3 is 2.63 bits per heavy atom. The number of halogens is 2. The number of aromatic carboxylic acids is 1. The Hall–Kier alpha value is -3.09. The molecule has 2 N–H and O–H groups in total. The Balaban J connectivity index is 1.69. The second-order valence-corrected chi connectivity index (χ2v) is 6.25. The summed E-state index contributed by atoms with van der Waals surface area (Å²) in [6, 6.07) is 14.2. The van der Waals surface area contributed by atoms with Crippen molar-refractivity contribution in [3.05, 3.63) is 81.5 Å². The van der Waals surface area contributed by atoms with Gasteiger partial charge in [-0.25, -0.2) is 10.2 Å². The first kappa shape index (κ1) is 18.7. The molecule has 1 amide bonds. The number of amides is 1. The first-order valence-electron chi connectivity index (χ1n) is 7.66. The van der Waals surface area contributed by atoms with Crippen LogP contribution in [-0.4, -0.2) is 23.2 Å². The van der Waals surface area contributed by atoms with Crippen LogP contribution in [0, 0.1) is 0 Å². The molecule has 0 atom stereocenters. The van der Waals surface area contributed by atoms with Crippen molar-refractivity contribution in [2.24, 2.45) is 5.10 Å². The predicted molar refractivity (Wildman–Crippen MR) is 103 cm³/mol. The Labute approximate surface area is 164 Å². The van der Waals surface area contributed by atoms with Gasteiger partial charge in [0.2, 0.25) is 0 Å². The molecule has 0 unspecified atom stereocenters. The minimum Gasteiger partial charge on any atom is -0.478 e. The van der Waals surface area contributed by atoms with E-state index in [2.05, 4.69) is 10.5 Å². The Morgan fingerprint density at radius 2 is 1.89 bits per heavy atom. The average molecular weight is 403 g/mol. The Morgan fingerprint density at radius 1 is 1.07 bits per heavy atom. The zero-order valence-corrected chi connectivity index (χ0v) is 15.2. The molecule has 0 aliphatic heterocycles. The summed E-state index contributed by atoms with van der Waals surface area (Å²) in [7, 11) is 0. The molecule has 0 bridgehead atoms. The van der Waals surface area contributed by atoms with E-state index in [9.17, 15) is 9.59 Å². The first-order valence-corrected chi connectivity index (χ1v) is 8.41. The van der Waals surface area contributed by atoms with Gasteiger partial charge in [0.15, 0.2) is 0 Å². The third-order valence-electron chi connectivity index (χ3n) is 3.55. The number of nitrogens with zero attached hydrogens (tertiary/aromatic N) is 1. The monoisotopic (exact) mass is 402 g/mol. The first-order chi connectivity index (χ1) is 12.9. The molecule has 1 aromatic heterocycles. The molecule has 27 heavy (non-hydrogen) atoms. The minimum atomic E-state index is -1.02. The molecule has 0 radical (unpaired) electrons. The van der Waals surface area contributed by atoms with E-state index in [0.717, 1.165) is 0 Å². The smallest absolute Gasteiger partial charge is 0.335 e. The summed E-state index contributed by atoms with van der Waals surface area (Å²) in [5.41, 5.74) is 3.36. The summed E-state index contributed by atoms with van der Waals surface area (Å²) in [5.74, 6) is -0.650. The number of hydrazone groups is 1. The number of furan rings is 1. The average Bonchev–Trinajstić information content (AvgIpc) is 3.10. The van der Waals surface area contributed by atoms with E-state index >= 15 is 0 Å². The lowest BCUT2D eigenvalue weighted by atomic mass is 10.1. The molecule has 0 fully saturated rings. The summed E-state index contributed by atoms with van der Waals surface area (Å²) in [6.45, 7) is 0. The van der Waals surface area contributed by atoms with Crippen LogP contribution in [0.2, 0.25) is 10.0 Å². The fourth-order valence-electron chi connectivity index (χ4n) is 2.27. The number of benzene rings is 2. The van der Waals surface area contributed by atoms with Gasteiger partial charge in [-0.3, -0.25) is 4.79 Å². The lowest BCUT2D eigenvalue weighted by molar-refractivity contribution is 0.0696. The van der Waals surface area contributed by atoms with Crippen molar-refractivity contribution in [3.8, 4) is 11.3 Å². The highest BCUT2D eigenvalue weighted by Gasteiger charge is 2.10. The fraction of sp³-hybridized carbons (Fsp3) is 0. The van der Waals surface area contributed by atoms with Gasteiger partial charge in [-0.15, -0.1) is 0 Å². The summed E-state index contributed by atoms with van der Waals surface area (Å²) in [5, 5.41) is 13.5. The van der Waals surface area contributed by atoms with Gasteiger partial charge in [-0.05, 0) is 42.5 Å². The molecule has 0 spiro atoms. The van der Waals surface area contributed by atoms with Crippen molar-refractivity contribution >= 4 is 41.3 Å². The van der Waals surface area contributed by atoms with E-state index < -0.39 is 11.9 Å². The van der Waals surface area contributed by atoms with Crippen LogP contribution in [-0.2, 0) is 0 Å². The maximum atomic E-state index is 12.1. The molecule has 2 aromatic carbocycles. The lowest BCUT2D eigenvalue weighted by Crippen LogP contribution is -2.17. The van der Waals surface area contributed by atoms with Crippen molar-refractivity contribution < 1.29 is 19.1 Å². The van der Waals surface area contributed by atoms with Crippen LogP contribution in [0.4, 0.5) is 0 Å². The second kappa shape index (κ2) is 8.07. The van der Waals surface area contributed by atoms with Crippen LogP contribution in [0.1, 0.15) is 26.5 Å². The van der Waals surface area contributed by atoms with Gasteiger partial charge in [0, 0.05) is 10.6 Å². The quantitative estimate of drug-likeness (QED) is 0.477. The predicted octanol–water partition coefficient (Wildman–Crippen LogP) is 4.72. The zero-order valence-electron chi connectivity index (χ0n) is 13.6. The van der Waals surface area contributed by atoms with Gasteiger partial charge in [-0.1, -0.05) is 35.3 Å². The number of carboxylic acids is 1. The maximum absolute atomic E-state index is 12.1. The van der Waals surface area contributed by atoms with Crippen LogP contribution >= 0.6 is 23.2 Å². The van der Waals surface area contributed by atoms with Crippen LogP contribution in [0.25, 0.3) is 11.3 Å². The normalized spacial score (nSPS) is 10.9. The number of carboxylic acid groups (broad SMARTS) is 1. The molecular formula is C19H12Cl2N2O4. The van der Waals surface area contributed by atoms with E-state index in [4.69, 9.17) is 32.7 Å². The molecule has 0 saturated carbocycles. The van der Waals surface area contributed by atoms with Crippen molar-refractivity contribution in [1.82, 2.24) is 5.43 Å². The van der Waals surface area contributed by atoms with Gasteiger partial charge in [0.25, 0.3) is 5.91 Å². The van der Waals surface area contributed by atoms with Crippen LogP contribution in [0.15, 0.2) is 64.1 Å². The van der Waals surface area contributed by atoms with Gasteiger partial charge in [-0.2, -0.15) is 5.10 Å². The highest BCUT2D eigenvalue weighted by Crippen LogP contribution is 2.23. The molecule has 8 heteroatoms. The Kier molecular flexibility index (Phi) is 5.59. The van der Waals surface area contributed by atoms with E-state index in [1.165, 1.54) is 30.5 Å². The number of carbonyl (C=O) groups excluding carboxylic acids is 1. The number of nitrogens with one attached hydrogen (secondary N) is 1. The van der Waals surface area contributed by atoms with E-state index in [0.29, 0.717) is 22.1 Å². The van der Waals surface area contributed by atoms with E-state index in [1.807, 2.05) is 0 Å². The SMILES string of the molecule is O=C(O)c1cccc(-c2ccc(/C=N\NC(=O)c3ccc(Cl)cc3Cl)o2)c1. The highest BCUT2D eigenvalue weighted by molar-refractivity contribution is 6.36. The van der Waals surface area contributed by atoms with E-state index in [1.54, 1.807) is 30.3 Å². The van der Waals surface area contributed by atoms with Crippen molar-refractivity contribution in [3.63, 3.8) is 0 Å². The molecule has 0 saturated heterocycles. The van der Waals surface area contributed by atoms with Gasteiger partial charge in [0.1, 0.15) is 11.5 Å². The molecule has 0 aliphatic rings. The summed E-state index contributed by atoms with van der Waals surface area (Å²) < 4.78 is 5.59. The zero-order chi connectivity index (χ0) is 19.4. The summed E-state index contributed by atoms with van der Waals surface area (Å²) >= 11 is 11.8. The van der Waals surface area contributed by atoms with Crippen LogP contribution in [0.5, 0.6) is 0 Å². The highest BCUT2D eigenvalue weighted by atomic mass is 35.5. The largest absolute Gasteiger partial charge is 0.478 e. The third-order valence-corrected chi connectivity index (χ3v) is 4.10. The molecule has 6 nitrogen and oxygen atoms in total. The number of hydrogen-bond acceptors (Lipinski definition) is 4.